The average molecular weight is 266 g/mol. The van der Waals surface area contributed by atoms with Crippen LogP contribution in [0.15, 0.2) is 12.2 Å². The van der Waals surface area contributed by atoms with Gasteiger partial charge in [0.05, 0.1) is 11.8 Å². The number of aliphatic carboxylic acids is 1. The second kappa shape index (κ2) is 5.76. The summed E-state index contributed by atoms with van der Waals surface area (Å²) in [5.74, 6) is -2.40. The molecule has 0 bridgehead atoms. The van der Waals surface area contributed by atoms with E-state index >= 15 is 0 Å². The molecule has 2 aliphatic carbocycles. The number of carboxylic acids is 1. The molecule has 0 spiro atoms. The summed E-state index contributed by atoms with van der Waals surface area (Å²) in [7, 11) is 0. The Bertz CT molecular complexity index is 380. The van der Waals surface area contributed by atoms with Crippen LogP contribution in [0.3, 0.4) is 0 Å². The summed E-state index contributed by atoms with van der Waals surface area (Å²) in [4.78, 5) is 23.5. The van der Waals surface area contributed by atoms with Gasteiger partial charge >= 0.3 is 11.9 Å². The maximum Gasteiger partial charge on any atom is 0.310 e. The van der Waals surface area contributed by atoms with Crippen molar-refractivity contribution in [3.63, 3.8) is 0 Å². The summed E-state index contributed by atoms with van der Waals surface area (Å²) in [6, 6.07) is 0. The molecule has 1 saturated carbocycles. The first-order valence-corrected chi connectivity index (χ1v) is 7.12. The van der Waals surface area contributed by atoms with Crippen LogP contribution in [0, 0.1) is 11.8 Å². The standard InChI is InChI=1S/C15H22O4/c1-15(9-5-2-6-10-15)19-14(18)12-8-4-3-7-11(12)13(16)17/h3-4,11-12H,2,5-10H2,1H3,(H,16,17). The molecule has 2 aliphatic rings. The first kappa shape index (κ1) is 14.1. The van der Waals surface area contributed by atoms with Gasteiger partial charge in [-0.3, -0.25) is 9.59 Å². The maximum absolute atomic E-state index is 12.3. The van der Waals surface area contributed by atoms with E-state index in [1.54, 1.807) is 0 Å². The molecule has 0 aromatic carbocycles. The number of ether oxygens (including phenoxy) is 1. The molecule has 1 fully saturated rings. The highest BCUT2D eigenvalue weighted by Crippen LogP contribution is 2.34. The zero-order valence-electron chi connectivity index (χ0n) is 11.4. The summed E-state index contributed by atoms with van der Waals surface area (Å²) in [5, 5.41) is 9.19. The lowest BCUT2D eigenvalue weighted by Crippen LogP contribution is -2.40. The molecule has 0 aromatic rings. The van der Waals surface area contributed by atoms with Crippen LogP contribution in [0.2, 0.25) is 0 Å². The summed E-state index contributed by atoms with van der Waals surface area (Å²) in [6.07, 6.45) is 9.75. The van der Waals surface area contributed by atoms with Crippen molar-refractivity contribution in [2.24, 2.45) is 11.8 Å². The summed E-state index contributed by atoms with van der Waals surface area (Å²) in [6.45, 7) is 1.97. The predicted octanol–water partition coefficient (Wildman–Crippen LogP) is 2.92. The zero-order chi connectivity index (χ0) is 13.9. The number of allylic oxidation sites excluding steroid dienone is 2. The van der Waals surface area contributed by atoms with Crippen molar-refractivity contribution in [1.29, 1.82) is 0 Å². The fourth-order valence-electron chi connectivity index (χ4n) is 3.07. The summed E-state index contributed by atoms with van der Waals surface area (Å²) >= 11 is 0. The Kier molecular flexibility index (Phi) is 4.27. The third-order valence-corrected chi connectivity index (χ3v) is 4.31. The molecule has 19 heavy (non-hydrogen) atoms. The van der Waals surface area contributed by atoms with Gasteiger partial charge in [0, 0.05) is 0 Å². The van der Waals surface area contributed by atoms with Gasteiger partial charge in [-0.15, -0.1) is 0 Å². The number of rotatable bonds is 3. The van der Waals surface area contributed by atoms with Crippen molar-refractivity contribution in [1.82, 2.24) is 0 Å². The van der Waals surface area contributed by atoms with Gasteiger partial charge in [0.2, 0.25) is 0 Å². The highest BCUT2D eigenvalue weighted by atomic mass is 16.6. The highest BCUT2D eigenvalue weighted by molar-refractivity contribution is 5.82. The molecule has 0 radical (unpaired) electrons. The van der Waals surface area contributed by atoms with Crippen molar-refractivity contribution in [2.75, 3.05) is 0 Å². The number of hydrogen-bond acceptors (Lipinski definition) is 3. The third kappa shape index (κ3) is 3.37. The van der Waals surface area contributed by atoms with Crippen molar-refractivity contribution in [3.8, 4) is 0 Å². The van der Waals surface area contributed by atoms with E-state index in [1.807, 2.05) is 19.1 Å². The van der Waals surface area contributed by atoms with Gasteiger partial charge in [-0.2, -0.15) is 0 Å². The molecule has 0 heterocycles. The predicted molar refractivity (Wildman–Crippen MR) is 70.6 cm³/mol. The van der Waals surface area contributed by atoms with Crippen LogP contribution in [0.4, 0.5) is 0 Å². The van der Waals surface area contributed by atoms with E-state index in [2.05, 4.69) is 0 Å². The van der Waals surface area contributed by atoms with Crippen LogP contribution in [-0.4, -0.2) is 22.6 Å². The Morgan fingerprint density at radius 1 is 1.11 bits per heavy atom. The maximum atomic E-state index is 12.3. The van der Waals surface area contributed by atoms with Gasteiger partial charge in [-0.05, 0) is 45.4 Å². The molecule has 0 amide bonds. The molecule has 0 aliphatic heterocycles. The largest absolute Gasteiger partial charge is 0.481 e. The van der Waals surface area contributed by atoms with Crippen molar-refractivity contribution >= 4 is 11.9 Å². The van der Waals surface area contributed by atoms with Gasteiger partial charge in [0.25, 0.3) is 0 Å². The van der Waals surface area contributed by atoms with Gasteiger partial charge in [-0.1, -0.05) is 18.6 Å². The number of carboxylic acid groups (broad SMARTS) is 1. The minimum absolute atomic E-state index is 0.332. The number of carbonyl (C=O) groups is 2. The van der Waals surface area contributed by atoms with E-state index in [-0.39, 0.29) is 11.6 Å². The molecular weight excluding hydrogens is 244 g/mol. The van der Waals surface area contributed by atoms with E-state index in [4.69, 9.17) is 4.74 Å². The van der Waals surface area contributed by atoms with Gasteiger partial charge < -0.3 is 9.84 Å². The van der Waals surface area contributed by atoms with Crippen LogP contribution in [-0.2, 0) is 14.3 Å². The first-order valence-electron chi connectivity index (χ1n) is 7.12. The molecule has 2 rings (SSSR count). The normalized spacial score (nSPS) is 29.7. The second-order valence-electron chi connectivity index (χ2n) is 5.93. The van der Waals surface area contributed by atoms with Crippen LogP contribution in [0.25, 0.3) is 0 Å². The Hall–Kier alpha value is -1.32. The minimum Gasteiger partial charge on any atom is -0.481 e. The molecular formula is C15H22O4. The van der Waals surface area contributed by atoms with Crippen molar-refractivity contribution in [2.45, 2.75) is 57.5 Å². The molecule has 2 unspecified atom stereocenters. The van der Waals surface area contributed by atoms with Crippen molar-refractivity contribution in [3.05, 3.63) is 12.2 Å². The van der Waals surface area contributed by atoms with Crippen LogP contribution in [0.5, 0.6) is 0 Å². The van der Waals surface area contributed by atoms with E-state index < -0.39 is 17.8 Å². The first-order chi connectivity index (χ1) is 9.02. The van der Waals surface area contributed by atoms with E-state index in [0.717, 1.165) is 25.7 Å². The van der Waals surface area contributed by atoms with Crippen LogP contribution >= 0.6 is 0 Å². The summed E-state index contributed by atoms with van der Waals surface area (Å²) in [5.41, 5.74) is -0.389. The number of hydrogen-bond donors (Lipinski definition) is 1. The minimum atomic E-state index is -0.903. The zero-order valence-corrected chi connectivity index (χ0v) is 11.4. The third-order valence-electron chi connectivity index (χ3n) is 4.31. The molecule has 0 saturated heterocycles. The highest BCUT2D eigenvalue weighted by Gasteiger charge is 2.39. The van der Waals surface area contributed by atoms with E-state index in [0.29, 0.717) is 12.8 Å². The summed E-state index contributed by atoms with van der Waals surface area (Å²) < 4.78 is 5.66. The van der Waals surface area contributed by atoms with Crippen LogP contribution in [0.1, 0.15) is 51.9 Å². The van der Waals surface area contributed by atoms with E-state index in [9.17, 15) is 14.7 Å². The monoisotopic (exact) mass is 266 g/mol. The SMILES string of the molecule is CC1(OC(=O)C2CC=CCC2C(=O)O)CCCCC1. The fourth-order valence-corrected chi connectivity index (χ4v) is 3.07. The van der Waals surface area contributed by atoms with Gasteiger partial charge in [0.15, 0.2) is 0 Å². The lowest BCUT2D eigenvalue weighted by atomic mass is 9.82. The van der Waals surface area contributed by atoms with Gasteiger partial charge in [-0.25, -0.2) is 0 Å². The number of carbonyl (C=O) groups excluding carboxylic acids is 1. The second-order valence-corrected chi connectivity index (χ2v) is 5.93. The lowest BCUT2D eigenvalue weighted by Gasteiger charge is -2.35. The quantitative estimate of drug-likeness (QED) is 0.630. The smallest absolute Gasteiger partial charge is 0.310 e. The molecule has 4 heteroatoms. The van der Waals surface area contributed by atoms with Crippen molar-refractivity contribution < 1.29 is 19.4 Å². The van der Waals surface area contributed by atoms with E-state index in [1.165, 1.54) is 6.42 Å². The molecule has 0 aromatic heterocycles. The Morgan fingerprint density at radius 2 is 1.68 bits per heavy atom. The molecule has 1 N–H and O–H groups in total. The molecule has 4 nitrogen and oxygen atoms in total. The lowest BCUT2D eigenvalue weighted by molar-refractivity contribution is -0.172. The van der Waals surface area contributed by atoms with Crippen LogP contribution < -0.4 is 0 Å². The van der Waals surface area contributed by atoms with Gasteiger partial charge in [0.1, 0.15) is 5.60 Å². The number of esters is 1. The molecule has 106 valence electrons. The molecule has 2 atom stereocenters. The Labute approximate surface area is 113 Å². The Morgan fingerprint density at radius 3 is 2.26 bits per heavy atom. The Balaban J connectivity index is 2.01. The topological polar surface area (TPSA) is 63.6 Å². The fraction of sp³-hybridized carbons (Fsp3) is 0.733. The average Bonchev–Trinajstić information content (AvgIpc) is 2.39.